The molecule has 1 radical (unpaired) electrons. The molecular weight excluding hydrogens is 785 g/mol. The van der Waals surface area contributed by atoms with Gasteiger partial charge in [0.15, 0.2) is 0 Å². The van der Waals surface area contributed by atoms with Gasteiger partial charge in [-0.3, -0.25) is 0 Å². The maximum atomic E-state index is 6.44. The summed E-state index contributed by atoms with van der Waals surface area (Å²) in [5.41, 5.74) is 13.0. The summed E-state index contributed by atoms with van der Waals surface area (Å²) in [5, 5.41) is 5.59. The van der Waals surface area contributed by atoms with E-state index in [4.69, 9.17) is 9.40 Å². The van der Waals surface area contributed by atoms with E-state index in [0.717, 1.165) is 44.5 Å². The van der Waals surface area contributed by atoms with Crippen LogP contribution in [0.4, 0.5) is 0 Å². The Hall–Kier alpha value is -4.41. The van der Waals surface area contributed by atoms with Gasteiger partial charge < -0.3 is 14.4 Å². The van der Waals surface area contributed by atoms with Crippen LogP contribution in [0.1, 0.15) is 43.0 Å². The number of hydrogen-bond donors (Lipinski definition) is 0. The van der Waals surface area contributed by atoms with Crippen LogP contribution in [-0.2, 0) is 25.5 Å². The van der Waals surface area contributed by atoms with Crippen LogP contribution in [0.5, 0.6) is 0 Å². The first kappa shape index (κ1) is 33.5. The number of aromatic nitrogens is 2. The second-order valence-corrected chi connectivity index (χ2v) is 14.1. The Morgan fingerprint density at radius 2 is 1.52 bits per heavy atom. The predicted octanol–water partition coefficient (Wildman–Crippen LogP) is 12.1. The van der Waals surface area contributed by atoms with E-state index in [1.807, 2.05) is 55.7 Å². The normalized spacial score (nSPS) is 11.4. The summed E-state index contributed by atoms with van der Waals surface area (Å²) in [5.74, 6) is 0. The largest absolute Gasteiger partial charge is 0.501 e. The van der Waals surface area contributed by atoms with E-state index in [-0.39, 0.29) is 25.5 Å². The van der Waals surface area contributed by atoms with Crippen molar-refractivity contribution in [2.75, 3.05) is 0 Å². The van der Waals surface area contributed by atoms with E-state index >= 15 is 0 Å². The average molecular weight is 821 g/mol. The van der Waals surface area contributed by atoms with Gasteiger partial charge in [0, 0.05) is 42.6 Å². The Bertz CT molecular complexity index is 2340. The van der Waals surface area contributed by atoms with Crippen molar-refractivity contribution >= 4 is 43.4 Å². The number of hydrogen-bond acceptors (Lipinski definition) is 4. The van der Waals surface area contributed by atoms with E-state index < -0.39 is 0 Å². The third kappa shape index (κ3) is 6.51. The number of aryl methyl sites for hydroxylation is 3. The fourth-order valence-electron chi connectivity index (χ4n) is 6.20. The van der Waals surface area contributed by atoms with Crippen LogP contribution in [0.2, 0.25) is 0 Å². The molecule has 0 bridgehead atoms. The van der Waals surface area contributed by atoms with Gasteiger partial charge in [0.2, 0.25) is 0 Å². The molecule has 0 saturated carbocycles. The van der Waals surface area contributed by atoms with Crippen molar-refractivity contribution in [2.24, 2.45) is 0 Å². The van der Waals surface area contributed by atoms with Crippen LogP contribution < -0.4 is 0 Å². The zero-order chi connectivity index (χ0) is 32.7. The summed E-state index contributed by atoms with van der Waals surface area (Å²) >= 11 is 1.76. The molecule has 0 saturated heterocycles. The number of thiophene rings is 1. The first-order chi connectivity index (χ1) is 22.7. The van der Waals surface area contributed by atoms with Gasteiger partial charge in [-0.15, -0.1) is 65.4 Å². The molecule has 4 aromatic heterocycles. The third-order valence-electron chi connectivity index (χ3n) is 8.62. The Morgan fingerprint density at radius 1 is 0.729 bits per heavy atom. The molecule has 3 nitrogen and oxygen atoms in total. The molecule has 0 aliphatic rings. The van der Waals surface area contributed by atoms with Gasteiger partial charge in [0.25, 0.3) is 0 Å². The van der Waals surface area contributed by atoms with Crippen molar-refractivity contribution < 1.29 is 24.5 Å². The van der Waals surface area contributed by atoms with E-state index in [9.17, 15) is 0 Å². The van der Waals surface area contributed by atoms with E-state index in [1.54, 1.807) is 11.3 Å². The van der Waals surface area contributed by atoms with Gasteiger partial charge in [-0.1, -0.05) is 68.1 Å². The molecule has 0 aliphatic heterocycles. The maximum absolute atomic E-state index is 6.44. The molecule has 8 rings (SSSR count). The molecule has 4 heterocycles. The van der Waals surface area contributed by atoms with Crippen molar-refractivity contribution in [3.8, 4) is 33.6 Å². The monoisotopic (exact) mass is 821 g/mol. The van der Waals surface area contributed by atoms with Gasteiger partial charge in [-0.2, -0.15) is 0 Å². The first-order valence-electron chi connectivity index (χ1n) is 15.9. The van der Waals surface area contributed by atoms with E-state index in [1.165, 1.54) is 43.5 Å². The molecule has 0 spiro atoms. The predicted molar refractivity (Wildman–Crippen MR) is 198 cm³/mol. The number of pyridine rings is 2. The minimum Gasteiger partial charge on any atom is -0.501 e. The molecule has 241 valence electrons. The molecule has 0 fully saturated rings. The van der Waals surface area contributed by atoms with Gasteiger partial charge in [0.05, 0.1) is 5.58 Å². The number of benzene rings is 4. The SMILES string of the molecule is Cc1ccc(-c2[c-]cccc2)nc1.Cc1cccc(C)c1-c1cc(-c2[c-]ccc3c2oc2cc4ccsc4cc23)ncc1C(C)(C)C.[Ir]. The van der Waals surface area contributed by atoms with Crippen LogP contribution in [0.25, 0.3) is 65.7 Å². The van der Waals surface area contributed by atoms with Crippen LogP contribution in [-0.4, -0.2) is 9.97 Å². The third-order valence-corrected chi connectivity index (χ3v) is 9.50. The topological polar surface area (TPSA) is 38.9 Å². The van der Waals surface area contributed by atoms with Crippen LogP contribution in [0.15, 0.2) is 113 Å². The molecule has 0 N–H and O–H groups in total. The number of rotatable bonds is 3. The summed E-state index contributed by atoms with van der Waals surface area (Å²) < 4.78 is 7.71. The van der Waals surface area contributed by atoms with E-state index in [2.05, 4.69) is 112 Å². The van der Waals surface area contributed by atoms with Crippen LogP contribution in [0, 0.1) is 32.9 Å². The number of furan rings is 1. The Morgan fingerprint density at radius 3 is 2.23 bits per heavy atom. The summed E-state index contributed by atoms with van der Waals surface area (Å²) in [4.78, 5) is 9.25. The zero-order valence-corrected chi connectivity index (χ0v) is 31.1. The maximum Gasteiger partial charge on any atom is 0.121 e. The molecule has 8 aromatic rings. The van der Waals surface area contributed by atoms with Crippen molar-refractivity contribution in [3.05, 3.63) is 143 Å². The Labute approximate surface area is 300 Å². The minimum atomic E-state index is -0.0313. The van der Waals surface area contributed by atoms with Gasteiger partial charge in [-0.25, -0.2) is 0 Å². The first-order valence-corrected chi connectivity index (χ1v) is 16.8. The molecule has 5 heteroatoms. The molecule has 0 amide bonds. The summed E-state index contributed by atoms with van der Waals surface area (Å²) in [6.45, 7) is 13.2. The Balaban J connectivity index is 0.000000241. The van der Waals surface area contributed by atoms with Gasteiger partial charge >= 0.3 is 0 Å². The van der Waals surface area contributed by atoms with Gasteiger partial charge in [0.1, 0.15) is 5.58 Å². The zero-order valence-electron chi connectivity index (χ0n) is 27.9. The average Bonchev–Trinajstić information content (AvgIpc) is 3.68. The molecule has 4 aromatic carbocycles. The van der Waals surface area contributed by atoms with Crippen molar-refractivity contribution in [1.29, 1.82) is 0 Å². The second kappa shape index (κ2) is 13.6. The fraction of sp³-hybridized carbons (Fsp3) is 0.163. The quantitative estimate of drug-likeness (QED) is 0.167. The van der Waals surface area contributed by atoms with Crippen molar-refractivity contribution in [3.63, 3.8) is 0 Å². The summed E-state index contributed by atoms with van der Waals surface area (Å²) in [6, 6.07) is 37.9. The number of nitrogens with zero attached hydrogens (tertiary/aromatic N) is 2. The minimum absolute atomic E-state index is 0. The molecule has 48 heavy (non-hydrogen) atoms. The summed E-state index contributed by atoms with van der Waals surface area (Å²) in [6.07, 6.45) is 3.91. The molecule has 0 atom stereocenters. The second-order valence-electron chi connectivity index (χ2n) is 13.1. The fourth-order valence-corrected chi connectivity index (χ4v) is 7.01. The van der Waals surface area contributed by atoms with Crippen molar-refractivity contribution in [1.82, 2.24) is 9.97 Å². The summed E-state index contributed by atoms with van der Waals surface area (Å²) in [7, 11) is 0. The van der Waals surface area contributed by atoms with Gasteiger partial charge in [-0.05, 0) is 99.9 Å². The van der Waals surface area contributed by atoms with Crippen LogP contribution in [0.3, 0.4) is 0 Å². The van der Waals surface area contributed by atoms with Crippen LogP contribution >= 0.6 is 11.3 Å². The number of fused-ring (bicyclic) bond motifs is 4. The Kier molecular flexibility index (Phi) is 9.49. The van der Waals surface area contributed by atoms with Crippen molar-refractivity contribution in [2.45, 2.75) is 47.0 Å². The smallest absolute Gasteiger partial charge is 0.121 e. The van der Waals surface area contributed by atoms with E-state index in [0.29, 0.717) is 0 Å². The standard InChI is InChI=1S/C31H26NOS.C12H10N.Ir/c1-18-8-6-9-19(2)29(18)24-15-26(32-17-25(24)31(3,4)5)22-11-7-10-21-23-16-28-20(12-13-34-28)14-27(23)33-30(21)22;1-10-7-8-12(13-9-10)11-5-3-2-4-6-11;/h6-10,12-17H,1-5H3;2-5,7-9H,1H3;/q2*-1;. The molecule has 0 aliphatic carbocycles. The molecular formula is C43H36IrN2OS-2. The molecule has 0 unspecified atom stereocenters.